The Labute approximate surface area is 258 Å². The third-order valence-corrected chi connectivity index (χ3v) is 9.22. The molecule has 0 aliphatic heterocycles. The molecule has 3 heteroatoms. The van der Waals surface area contributed by atoms with Gasteiger partial charge in [0.2, 0.25) is 0 Å². The molecule has 0 spiro atoms. The molecule has 0 N–H and O–H groups in total. The highest BCUT2D eigenvalue weighted by atomic mass is 16.3. The first-order valence-electron chi connectivity index (χ1n) is 15.3. The molecule has 3 nitrogen and oxygen atoms in total. The second-order valence-corrected chi connectivity index (χ2v) is 11.7. The van der Waals surface area contributed by atoms with Crippen molar-refractivity contribution in [2.24, 2.45) is 0 Å². The van der Waals surface area contributed by atoms with Gasteiger partial charge in [0.25, 0.3) is 0 Å². The van der Waals surface area contributed by atoms with Crippen molar-refractivity contribution in [2.45, 2.75) is 0 Å². The van der Waals surface area contributed by atoms with E-state index < -0.39 is 0 Å². The van der Waals surface area contributed by atoms with Gasteiger partial charge in [0.15, 0.2) is 0 Å². The van der Waals surface area contributed by atoms with Gasteiger partial charge in [-0.05, 0) is 68.0 Å². The number of fused-ring (bicyclic) bond motifs is 13. The Kier molecular flexibility index (Phi) is 5.00. The average Bonchev–Trinajstić information content (AvgIpc) is 3.51. The second-order valence-electron chi connectivity index (χ2n) is 11.7. The zero-order chi connectivity index (χ0) is 29.5. The molecule has 8 aromatic carbocycles. The number of para-hydroxylation sites is 2. The van der Waals surface area contributed by atoms with E-state index in [1.165, 1.54) is 37.7 Å². The van der Waals surface area contributed by atoms with Crippen molar-refractivity contribution in [1.82, 2.24) is 9.97 Å². The summed E-state index contributed by atoms with van der Waals surface area (Å²) in [6.45, 7) is 0. The molecule has 208 valence electrons. The summed E-state index contributed by atoms with van der Waals surface area (Å²) < 4.78 is 6.75. The quantitative estimate of drug-likeness (QED) is 0.193. The highest BCUT2D eigenvalue weighted by Gasteiger charge is 2.19. The molecule has 0 amide bonds. The highest BCUT2D eigenvalue weighted by Crippen LogP contribution is 2.44. The number of furan rings is 1. The largest absolute Gasteiger partial charge is 0.455 e. The van der Waals surface area contributed by atoms with Crippen LogP contribution in [-0.4, -0.2) is 9.97 Å². The molecule has 45 heavy (non-hydrogen) atoms. The standard InChI is InChI=1S/C42H24N2O/c1-2-11-26(12-3-1)40-41(44-36-17-9-8-16-35(36)43-40)27-18-20-32-34(24-27)30-15-7-6-14-29(30)31-21-22-33-38-28-13-5-4-10-25(28)19-23-37(38)45-42(33)39(31)32/h1-24H. The molecule has 0 bridgehead atoms. The minimum absolute atomic E-state index is 0.874. The number of nitrogens with zero attached hydrogens (tertiary/aromatic N) is 2. The van der Waals surface area contributed by atoms with Crippen LogP contribution in [-0.2, 0) is 0 Å². The Hall–Kier alpha value is -6.06. The maximum atomic E-state index is 6.75. The van der Waals surface area contributed by atoms with Crippen LogP contribution in [0.2, 0.25) is 0 Å². The summed E-state index contributed by atoms with van der Waals surface area (Å²) in [5, 5.41) is 11.8. The summed E-state index contributed by atoms with van der Waals surface area (Å²) in [5.41, 5.74) is 7.44. The van der Waals surface area contributed by atoms with Crippen LogP contribution in [0.25, 0.3) is 98.6 Å². The average molecular weight is 573 g/mol. The third kappa shape index (κ3) is 3.52. The van der Waals surface area contributed by atoms with Gasteiger partial charge in [-0.1, -0.05) is 115 Å². The van der Waals surface area contributed by atoms with Gasteiger partial charge in [-0.3, -0.25) is 0 Å². The van der Waals surface area contributed by atoms with Crippen LogP contribution in [0.5, 0.6) is 0 Å². The molecule has 0 aliphatic carbocycles. The van der Waals surface area contributed by atoms with Crippen LogP contribution in [0, 0.1) is 0 Å². The Morgan fingerprint density at radius 2 is 0.978 bits per heavy atom. The molecule has 10 rings (SSSR count). The monoisotopic (exact) mass is 572 g/mol. The van der Waals surface area contributed by atoms with Crippen molar-refractivity contribution < 1.29 is 4.42 Å². The van der Waals surface area contributed by atoms with Crippen LogP contribution in [0.15, 0.2) is 150 Å². The molecule has 2 aromatic heterocycles. The zero-order valence-corrected chi connectivity index (χ0v) is 24.2. The third-order valence-electron chi connectivity index (χ3n) is 9.22. The predicted molar refractivity (Wildman–Crippen MR) is 188 cm³/mol. The summed E-state index contributed by atoms with van der Waals surface area (Å²) in [5.74, 6) is 0. The Bertz CT molecular complexity index is 2810. The lowest BCUT2D eigenvalue weighted by Gasteiger charge is -2.14. The number of hydrogen-bond donors (Lipinski definition) is 0. The molecule has 2 heterocycles. The Morgan fingerprint density at radius 1 is 0.378 bits per heavy atom. The molecule has 0 atom stereocenters. The van der Waals surface area contributed by atoms with Crippen molar-refractivity contribution in [3.05, 3.63) is 146 Å². The molecule has 0 saturated carbocycles. The Balaban J connectivity index is 1.33. The minimum Gasteiger partial charge on any atom is -0.455 e. The van der Waals surface area contributed by atoms with Gasteiger partial charge in [-0.15, -0.1) is 0 Å². The molecular formula is C42H24N2O. The molecule has 0 aliphatic rings. The maximum Gasteiger partial charge on any atom is 0.143 e. The van der Waals surface area contributed by atoms with Crippen molar-refractivity contribution in [1.29, 1.82) is 0 Å². The number of rotatable bonds is 2. The van der Waals surface area contributed by atoms with Gasteiger partial charge < -0.3 is 4.42 Å². The number of benzene rings is 8. The topological polar surface area (TPSA) is 38.9 Å². The fraction of sp³-hybridized carbons (Fsp3) is 0. The highest BCUT2D eigenvalue weighted by molar-refractivity contribution is 6.34. The summed E-state index contributed by atoms with van der Waals surface area (Å²) in [6, 6.07) is 51.2. The van der Waals surface area contributed by atoms with Crippen LogP contribution in [0.4, 0.5) is 0 Å². The molecule has 0 saturated heterocycles. The molecule has 10 aromatic rings. The van der Waals surface area contributed by atoms with Crippen LogP contribution in [0.1, 0.15) is 0 Å². The minimum atomic E-state index is 0.874. The van der Waals surface area contributed by atoms with Crippen molar-refractivity contribution >= 4 is 76.1 Å². The van der Waals surface area contributed by atoms with E-state index in [1.54, 1.807) is 0 Å². The fourth-order valence-corrected chi connectivity index (χ4v) is 7.19. The van der Waals surface area contributed by atoms with Crippen LogP contribution in [0.3, 0.4) is 0 Å². The lowest BCUT2D eigenvalue weighted by atomic mass is 9.91. The summed E-state index contributed by atoms with van der Waals surface area (Å²) in [6.07, 6.45) is 0. The first kappa shape index (κ1) is 24.4. The van der Waals surface area contributed by atoms with Gasteiger partial charge >= 0.3 is 0 Å². The summed E-state index contributed by atoms with van der Waals surface area (Å²) in [7, 11) is 0. The van der Waals surface area contributed by atoms with E-state index in [4.69, 9.17) is 14.4 Å². The molecule has 0 unspecified atom stereocenters. The summed E-state index contributed by atoms with van der Waals surface area (Å²) in [4.78, 5) is 10.3. The lowest BCUT2D eigenvalue weighted by Crippen LogP contribution is -1.95. The van der Waals surface area contributed by atoms with E-state index in [2.05, 4.69) is 115 Å². The van der Waals surface area contributed by atoms with Gasteiger partial charge in [-0.2, -0.15) is 0 Å². The van der Waals surface area contributed by atoms with Crippen LogP contribution < -0.4 is 0 Å². The first-order chi connectivity index (χ1) is 22.3. The van der Waals surface area contributed by atoms with Crippen molar-refractivity contribution in [2.75, 3.05) is 0 Å². The zero-order valence-electron chi connectivity index (χ0n) is 24.2. The van der Waals surface area contributed by atoms with Crippen molar-refractivity contribution in [3.63, 3.8) is 0 Å². The van der Waals surface area contributed by atoms with E-state index in [-0.39, 0.29) is 0 Å². The van der Waals surface area contributed by atoms with Gasteiger partial charge in [0.05, 0.1) is 22.4 Å². The van der Waals surface area contributed by atoms with E-state index in [9.17, 15) is 0 Å². The van der Waals surface area contributed by atoms with Crippen LogP contribution >= 0.6 is 0 Å². The van der Waals surface area contributed by atoms with Crippen molar-refractivity contribution in [3.8, 4) is 22.5 Å². The van der Waals surface area contributed by atoms with E-state index in [1.807, 2.05) is 30.3 Å². The molecule has 0 fully saturated rings. The molecule has 0 radical (unpaired) electrons. The fourth-order valence-electron chi connectivity index (χ4n) is 7.19. The summed E-state index contributed by atoms with van der Waals surface area (Å²) >= 11 is 0. The normalized spacial score (nSPS) is 12.0. The predicted octanol–water partition coefficient (Wildman–Crippen LogP) is 11.5. The van der Waals surface area contributed by atoms with E-state index in [0.717, 1.165) is 60.9 Å². The Morgan fingerprint density at radius 3 is 1.78 bits per heavy atom. The number of aromatic nitrogens is 2. The smallest absolute Gasteiger partial charge is 0.143 e. The second kappa shape index (κ2) is 9.22. The molecular weight excluding hydrogens is 548 g/mol. The van der Waals surface area contributed by atoms with Gasteiger partial charge in [0, 0.05) is 27.3 Å². The SMILES string of the molecule is c1ccc(-c2nc3ccccc3nc2-c2ccc3c(c2)c2ccccc2c2ccc4c(oc5ccc6ccccc6c54)c23)cc1. The number of hydrogen-bond acceptors (Lipinski definition) is 3. The van der Waals surface area contributed by atoms with E-state index in [0.29, 0.717) is 0 Å². The van der Waals surface area contributed by atoms with Gasteiger partial charge in [-0.25, -0.2) is 9.97 Å². The lowest BCUT2D eigenvalue weighted by molar-refractivity contribution is 0.673. The van der Waals surface area contributed by atoms with E-state index >= 15 is 0 Å². The van der Waals surface area contributed by atoms with Gasteiger partial charge in [0.1, 0.15) is 11.2 Å². The maximum absolute atomic E-state index is 6.75. The first-order valence-corrected chi connectivity index (χ1v) is 15.3.